The molecular weight excluding hydrogens is 320 g/mol. The fourth-order valence-electron chi connectivity index (χ4n) is 2.10. The first-order chi connectivity index (χ1) is 12.0. The summed E-state index contributed by atoms with van der Waals surface area (Å²) in [6.45, 7) is 0.310. The van der Waals surface area contributed by atoms with Crippen molar-refractivity contribution in [2.24, 2.45) is 0 Å². The van der Waals surface area contributed by atoms with E-state index in [4.69, 9.17) is 9.47 Å². The topological polar surface area (TPSA) is 67.9 Å². The summed E-state index contributed by atoms with van der Waals surface area (Å²) in [5.41, 5.74) is 1.52. The summed E-state index contributed by atoms with van der Waals surface area (Å²) in [6.07, 6.45) is 0. The number of carbonyl (C=O) groups excluding carboxylic acids is 2. The van der Waals surface area contributed by atoms with Gasteiger partial charge in [-0.15, -0.1) is 0 Å². The van der Waals surface area contributed by atoms with Crippen LogP contribution >= 0.6 is 0 Å². The van der Waals surface area contributed by atoms with Gasteiger partial charge >= 0.3 is 0 Å². The predicted molar refractivity (Wildman–Crippen MR) is 94.8 cm³/mol. The number of amides is 2. The Bertz CT molecular complexity index is 709. The van der Waals surface area contributed by atoms with E-state index < -0.39 is 0 Å². The second kappa shape index (κ2) is 8.73. The van der Waals surface area contributed by atoms with Gasteiger partial charge in [-0.3, -0.25) is 9.59 Å². The van der Waals surface area contributed by atoms with Gasteiger partial charge in [-0.25, -0.2) is 0 Å². The lowest BCUT2D eigenvalue weighted by Gasteiger charge is -2.11. The van der Waals surface area contributed by atoms with Crippen molar-refractivity contribution in [2.75, 3.05) is 27.8 Å². The standard InChI is InChI=1S/C19H22N2O4/c1-21(2)19(23)15-6-4-14(5-7-15)12-20-18(22)13-25-17-10-8-16(24-3)9-11-17/h4-11H,12-13H2,1-3H3,(H,20,22). The molecule has 0 heterocycles. The third-order valence-corrected chi connectivity index (χ3v) is 3.53. The fourth-order valence-corrected chi connectivity index (χ4v) is 2.10. The highest BCUT2D eigenvalue weighted by atomic mass is 16.5. The molecule has 0 aromatic heterocycles. The second-order valence-electron chi connectivity index (χ2n) is 5.64. The summed E-state index contributed by atoms with van der Waals surface area (Å²) < 4.78 is 10.5. The monoisotopic (exact) mass is 342 g/mol. The number of hydrogen-bond donors (Lipinski definition) is 1. The zero-order valence-corrected chi connectivity index (χ0v) is 14.6. The van der Waals surface area contributed by atoms with Gasteiger partial charge in [-0.1, -0.05) is 12.1 Å². The van der Waals surface area contributed by atoms with Crippen molar-refractivity contribution < 1.29 is 19.1 Å². The summed E-state index contributed by atoms with van der Waals surface area (Å²) in [5.74, 6) is 1.06. The Kier molecular flexibility index (Phi) is 6.39. The Morgan fingerprint density at radius 3 is 2.12 bits per heavy atom. The van der Waals surface area contributed by atoms with Crippen molar-refractivity contribution in [1.82, 2.24) is 10.2 Å². The molecule has 0 radical (unpaired) electrons. The molecule has 0 bridgehead atoms. The molecule has 0 saturated carbocycles. The molecule has 132 valence electrons. The van der Waals surface area contributed by atoms with Crippen molar-refractivity contribution >= 4 is 11.8 Å². The van der Waals surface area contributed by atoms with E-state index in [1.165, 1.54) is 4.90 Å². The highest BCUT2D eigenvalue weighted by Gasteiger charge is 2.08. The van der Waals surface area contributed by atoms with Crippen LogP contribution in [-0.2, 0) is 11.3 Å². The van der Waals surface area contributed by atoms with E-state index in [1.807, 2.05) is 12.1 Å². The summed E-state index contributed by atoms with van der Waals surface area (Å²) in [6, 6.07) is 14.2. The average Bonchev–Trinajstić information content (AvgIpc) is 2.64. The van der Waals surface area contributed by atoms with E-state index in [0.717, 1.165) is 11.3 Å². The van der Waals surface area contributed by atoms with Crippen molar-refractivity contribution in [2.45, 2.75) is 6.54 Å². The molecule has 0 saturated heterocycles. The summed E-state index contributed by atoms with van der Waals surface area (Å²) in [5, 5.41) is 2.78. The van der Waals surface area contributed by atoms with Crippen molar-refractivity contribution in [3.05, 3.63) is 59.7 Å². The number of benzene rings is 2. The van der Waals surface area contributed by atoms with E-state index in [1.54, 1.807) is 57.6 Å². The van der Waals surface area contributed by atoms with Gasteiger partial charge in [0.15, 0.2) is 6.61 Å². The smallest absolute Gasteiger partial charge is 0.258 e. The van der Waals surface area contributed by atoms with Gasteiger partial charge in [0.1, 0.15) is 11.5 Å². The van der Waals surface area contributed by atoms with Crippen LogP contribution in [0, 0.1) is 0 Å². The van der Waals surface area contributed by atoms with Crippen LogP contribution in [0.4, 0.5) is 0 Å². The van der Waals surface area contributed by atoms with E-state index in [2.05, 4.69) is 5.32 Å². The molecule has 2 aromatic carbocycles. The molecule has 25 heavy (non-hydrogen) atoms. The Morgan fingerprint density at radius 1 is 0.960 bits per heavy atom. The third kappa shape index (κ3) is 5.53. The number of methoxy groups -OCH3 is 1. The molecule has 0 aliphatic rings. The number of hydrogen-bond acceptors (Lipinski definition) is 4. The maximum Gasteiger partial charge on any atom is 0.258 e. The normalized spacial score (nSPS) is 10.0. The number of ether oxygens (including phenoxy) is 2. The minimum atomic E-state index is -0.218. The van der Waals surface area contributed by atoms with Crippen LogP contribution in [-0.4, -0.2) is 44.5 Å². The van der Waals surface area contributed by atoms with Crippen LogP contribution in [0.2, 0.25) is 0 Å². The molecule has 2 rings (SSSR count). The minimum Gasteiger partial charge on any atom is -0.497 e. The van der Waals surface area contributed by atoms with Gasteiger partial charge in [0.05, 0.1) is 7.11 Å². The molecule has 6 nitrogen and oxygen atoms in total. The molecule has 0 unspecified atom stereocenters. The first kappa shape index (κ1) is 18.3. The van der Waals surface area contributed by atoms with Crippen LogP contribution in [0.25, 0.3) is 0 Å². The molecule has 0 spiro atoms. The molecule has 6 heteroatoms. The molecule has 0 fully saturated rings. The van der Waals surface area contributed by atoms with Gasteiger partial charge in [0, 0.05) is 26.2 Å². The summed E-state index contributed by atoms with van der Waals surface area (Å²) >= 11 is 0. The molecule has 0 atom stereocenters. The Morgan fingerprint density at radius 2 is 1.56 bits per heavy atom. The van der Waals surface area contributed by atoms with E-state index in [9.17, 15) is 9.59 Å². The van der Waals surface area contributed by atoms with E-state index in [-0.39, 0.29) is 18.4 Å². The van der Waals surface area contributed by atoms with Gasteiger partial charge in [-0.2, -0.15) is 0 Å². The van der Waals surface area contributed by atoms with Crippen LogP contribution < -0.4 is 14.8 Å². The SMILES string of the molecule is COc1ccc(OCC(=O)NCc2ccc(C(=O)N(C)C)cc2)cc1. The Labute approximate surface area is 147 Å². The molecular formula is C19H22N2O4. The molecule has 0 aliphatic heterocycles. The number of carbonyl (C=O) groups is 2. The van der Waals surface area contributed by atoms with Crippen molar-refractivity contribution in [3.63, 3.8) is 0 Å². The van der Waals surface area contributed by atoms with Crippen LogP contribution in [0.1, 0.15) is 15.9 Å². The quantitative estimate of drug-likeness (QED) is 0.837. The zero-order valence-electron chi connectivity index (χ0n) is 14.6. The lowest BCUT2D eigenvalue weighted by atomic mass is 10.1. The van der Waals surface area contributed by atoms with Gasteiger partial charge in [-0.05, 0) is 42.0 Å². The molecule has 1 N–H and O–H groups in total. The Balaban J connectivity index is 1.78. The van der Waals surface area contributed by atoms with Crippen molar-refractivity contribution in [3.8, 4) is 11.5 Å². The predicted octanol–water partition coefficient (Wildman–Crippen LogP) is 2.09. The maximum absolute atomic E-state index is 11.9. The Hall–Kier alpha value is -3.02. The van der Waals surface area contributed by atoms with Crippen LogP contribution in [0.15, 0.2) is 48.5 Å². The van der Waals surface area contributed by atoms with Gasteiger partial charge in [0.25, 0.3) is 11.8 Å². The lowest BCUT2D eigenvalue weighted by molar-refractivity contribution is -0.123. The highest BCUT2D eigenvalue weighted by Crippen LogP contribution is 2.16. The average molecular weight is 342 g/mol. The number of nitrogens with one attached hydrogen (secondary N) is 1. The minimum absolute atomic E-state index is 0.0523. The van der Waals surface area contributed by atoms with Gasteiger partial charge in [0.2, 0.25) is 0 Å². The fraction of sp³-hybridized carbons (Fsp3) is 0.263. The summed E-state index contributed by atoms with van der Waals surface area (Å²) in [7, 11) is 5.00. The van der Waals surface area contributed by atoms with E-state index in [0.29, 0.717) is 17.9 Å². The van der Waals surface area contributed by atoms with Gasteiger partial charge < -0.3 is 19.7 Å². The van der Waals surface area contributed by atoms with Crippen LogP contribution in [0.5, 0.6) is 11.5 Å². The number of rotatable bonds is 7. The largest absolute Gasteiger partial charge is 0.497 e. The lowest BCUT2D eigenvalue weighted by Crippen LogP contribution is -2.28. The first-order valence-corrected chi connectivity index (χ1v) is 7.83. The zero-order chi connectivity index (χ0) is 18.2. The maximum atomic E-state index is 11.9. The molecule has 2 amide bonds. The first-order valence-electron chi connectivity index (χ1n) is 7.83. The van der Waals surface area contributed by atoms with E-state index >= 15 is 0 Å². The summed E-state index contributed by atoms with van der Waals surface area (Å²) in [4.78, 5) is 25.2. The third-order valence-electron chi connectivity index (χ3n) is 3.53. The number of nitrogens with zero attached hydrogens (tertiary/aromatic N) is 1. The molecule has 2 aromatic rings. The van der Waals surface area contributed by atoms with Crippen molar-refractivity contribution in [1.29, 1.82) is 0 Å². The second-order valence-corrected chi connectivity index (χ2v) is 5.64. The molecule has 0 aliphatic carbocycles. The highest BCUT2D eigenvalue weighted by molar-refractivity contribution is 5.93. The van der Waals surface area contributed by atoms with Crippen LogP contribution in [0.3, 0.4) is 0 Å².